The minimum Gasteiger partial charge on any atom is -0.495 e. The smallest absolute Gasteiger partial charge is 0.264 e. The highest BCUT2D eigenvalue weighted by Crippen LogP contribution is 2.34. The maximum atomic E-state index is 13.5. The van der Waals surface area contributed by atoms with E-state index >= 15 is 0 Å². The van der Waals surface area contributed by atoms with E-state index < -0.39 is 22.5 Å². The van der Waals surface area contributed by atoms with Crippen LogP contribution in [0.5, 0.6) is 17.2 Å². The van der Waals surface area contributed by atoms with Gasteiger partial charge >= 0.3 is 0 Å². The summed E-state index contributed by atoms with van der Waals surface area (Å²) in [5.74, 6) is 0.710. The van der Waals surface area contributed by atoms with Crippen molar-refractivity contribution in [3.63, 3.8) is 0 Å². The zero-order chi connectivity index (χ0) is 24.0. The Kier molecular flexibility index (Phi) is 7.44. The summed E-state index contributed by atoms with van der Waals surface area (Å²) in [5, 5.41) is 2.75. The molecule has 3 rings (SSSR count). The predicted octanol–water partition coefficient (Wildman–Crippen LogP) is 3.85. The lowest BCUT2D eigenvalue weighted by molar-refractivity contribution is -0.114. The van der Waals surface area contributed by atoms with Crippen molar-refractivity contribution in [2.45, 2.75) is 11.8 Å². The molecule has 8 nitrogen and oxygen atoms in total. The molecular weight excluding hydrogens is 444 g/mol. The number of aryl methyl sites for hydroxylation is 1. The molecule has 0 aromatic heterocycles. The molecule has 0 saturated carbocycles. The van der Waals surface area contributed by atoms with Crippen LogP contribution in [0.4, 0.5) is 11.4 Å². The van der Waals surface area contributed by atoms with Crippen molar-refractivity contribution >= 4 is 27.3 Å². The van der Waals surface area contributed by atoms with Gasteiger partial charge in [0.2, 0.25) is 5.91 Å². The lowest BCUT2D eigenvalue weighted by Crippen LogP contribution is -2.38. The third-order valence-electron chi connectivity index (χ3n) is 4.90. The quantitative estimate of drug-likeness (QED) is 0.511. The molecule has 0 aliphatic heterocycles. The van der Waals surface area contributed by atoms with Crippen molar-refractivity contribution in [3.8, 4) is 17.2 Å². The van der Waals surface area contributed by atoms with Crippen molar-refractivity contribution in [3.05, 3.63) is 72.3 Å². The van der Waals surface area contributed by atoms with Crippen molar-refractivity contribution in [2.75, 3.05) is 37.5 Å². The molecule has 0 atom stereocenters. The SMILES string of the molecule is COc1ccc(C)cc1NC(=O)CN(c1ccc(OC)c(OC)c1)S(=O)(=O)c1ccccc1. The van der Waals surface area contributed by atoms with E-state index in [4.69, 9.17) is 14.2 Å². The van der Waals surface area contributed by atoms with Crippen molar-refractivity contribution in [2.24, 2.45) is 0 Å². The Morgan fingerprint density at radius 1 is 0.848 bits per heavy atom. The van der Waals surface area contributed by atoms with Crippen LogP contribution in [0.2, 0.25) is 0 Å². The Balaban J connectivity index is 2.01. The minimum absolute atomic E-state index is 0.0562. The summed E-state index contributed by atoms with van der Waals surface area (Å²) in [6.07, 6.45) is 0. The molecule has 0 unspecified atom stereocenters. The van der Waals surface area contributed by atoms with Crippen LogP contribution in [0.15, 0.2) is 71.6 Å². The van der Waals surface area contributed by atoms with E-state index in [9.17, 15) is 13.2 Å². The fraction of sp³-hybridized carbons (Fsp3) is 0.208. The number of anilines is 2. The van der Waals surface area contributed by atoms with Crippen LogP contribution in [-0.4, -0.2) is 42.2 Å². The average Bonchev–Trinajstić information content (AvgIpc) is 2.82. The van der Waals surface area contributed by atoms with E-state index in [0.29, 0.717) is 22.9 Å². The second-order valence-electron chi connectivity index (χ2n) is 7.12. The third-order valence-corrected chi connectivity index (χ3v) is 6.69. The van der Waals surface area contributed by atoms with Crippen LogP contribution in [0.25, 0.3) is 0 Å². The van der Waals surface area contributed by atoms with Gasteiger partial charge in [0.1, 0.15) is 12.3 Å². The van der Waals surface area contributed by atoms with Crippen molar-refractivity contribution in [1.82, 2.24) is 0 Å². The number of ether oxygens (including phenoxy) is 3. The number of benzene rings is 3. The fourth-order valence-electron chi connectivity index (χ4n) is 3.25. The molecule has 0 aliphatic carbocycles. The van der Waals surface area contributed by atoms with Crippen molar-refractivity contribution in [1.29, 1.82) is 0 Å². The van der Waals surface area contributed by atoms with Crippen LogP contribution in [0.1, 0.15) is 5.56 Å². The van der Waals surface area contributed by atoms with Crippen LogP contribution in [-0.2, 0) is 14.8 Å². The number of amides is 1. The first-order chi connectivity index (χ1) is 15.8. The van der Waals surface area contributed by atoms with E-state index in [1.807, 2.05) is 13.0 Å². The van der Waals surface area contributed by atoms with E-state index in [-0.39, 0.29) is 10.6 Å². The number of nitrogens with one attached hydrogen (secondary N) is 1. The van der Waals surface area contributed by atoms with E-state index in [1.165, 1.54) is 39.5 Å². The maximum Gasteiger partial charge on any atom is 0.264 e. The Hall–Kier alpha value is -3.72. The number of hydrogen-bond donors (Lipinski definition) is 1. The van der Waals surface area contributed by atoms with Gasteiger partial charge in [-0.1, -0.05) is 24.3 Å². The van der Waals surface area contributed by atoms with Gasteiger partial charge in [0, 0.05) is 6.07 Å². The second-order valence-corrected chi connectivity index (χ2v) is 8.98. The molecule has 0 heterocycles. The van der Waals surface area contributed by atoms with Gasteiger partial charge in [-0.2, -0.15) is 0 Å². The number of carbonyl (C=O) groups excluding carboxylic acids is 1. The first kappa shape index (κ1) is 23.9. The van der Waals surface area contributed by atoms with Gasteiger partial charge in [0.15, 0.2) is 11.5 Å². The molecule has 0 spiro atoms. The number of methoxy groups -OCH3 is 3. The van der Waals surface area contributed by atoms with Gasteiger partial charge < -0.3 is 19.5 Å². The van der Waals surface area contributed by atoms with Crippen LogP contribution in [0.3, 0.4) is 0 Å². The van der Waals surface area contributed by atoms with Gasteiger partial charge in [-0.25, -0.2) is 8.42 Å². The highest BCUT2D eigenvalue weighted by molar-refractivity contribution is 7.92. The molecule has 1 amide bonds. The molecule has 174 valence electrons. The zero-order valence-electron chi connectivity index (χ0n) is 18.9. The maximum absolute atomic E-state index is 13.5. The first-order valence-corrected chi connectivity index (χ1v) is 11.5. The number of rotatable bonds is 9. The van der Waals surface area contributed by atoms with Crippen LogP contribution < -0.4 is 23.8 Å². The fourth-order valence-corrected chi connectivity index (χ4v) is 4.69. The van der Waals surface area contributed by atoms with Gasteiger partial charge in [0.25, 0.3) is 10.0 Å². The first-order valence-electron chi connectivity index (χ1n) is 10.0. The molecule has 3 aromatic rings. The average molecular weight is 471 g/mol. The molecule has 0 aliphatic rings. The molecule has 0 bridgehead atoms. The number of carbonyl (C=O) groups is 1. The topological polar surface area (TPSA) is 94.2 Å². The molecular formula is C24H26N2O6S. The highest BCUT2D eigenvalue weighted by Gasteiger charge is 2.28. The number of nitrogens with zero attached hydrogens (tertiary/aromatic N) is 1. The standard InChI is InChI=1S/C24H26N2O6S/c1-17-10-12-21(30-2)20(14-17)25-24(27)16-26(33(28,29)19-8-6-5-7-9-19)18-11-13-22(31-3)23(15-18)32-4/h5-15H,16H2,1-4H3,(H,25,27). The minimum atomic E-state index is -4.06. The normalized spacial score (nSPS) is 10.9. The monoisotopic (exact) mass is 470 g/mol. The Morgan fingerprint density at radius 3 is 2.12 bits per heavy atom. The van der Waals surface area contributed by atoms with E-state index in [2.05, 4.69) is 5.32 Å². The third kappa shape index (κ3) is 5.38. The lowest BCUT2D eigenvalue weighted by atomic mass is 10.2. The van der Waals surface area contributed by atoms with Crippen LogP contribution in [0, 0.1) is 6.92 Å². The predicted molar refractivity (Wildman–Crippen MR) is 127 cm³/mol. The number of hydrogen-bond acceptors (Lipinski definition) is 6. The molecule has 0 radical (unpaired) electrons. The van der Waals surface area contributed by atoms with Crippen LogP contribution >= 0.6 is 0 Å². The summed E-state index contributed by atoms with van der Waals surface area (Å²) in [6, 6.07) is 17.9. The molecule has 0 saturated heterocycles. The summed E-state index contributed by atoms with van der Waals surface area (Å²) in [5.41, 5.74) is 1.62. The molecule has 1 N–H and O–H groups in total. The molecule has 9 heteroatoms. The van der Waals surface area contributed by atoms with E-state index in [1.54, 1.807) is 42.5 Å². The highest BCUT2D eigenvalue weighted by atomic mass is 32.2. The van der Waals surface area contributed by atoms with E-state index in [0.717, 1.165) is 9.87 Å². The number of sulfonamides is 1. The molecule has 33 heavy (non-hydrogen) atoms. The lowest BCUT2D eigenvalue weighted by Gasteiger charge is -2.25. The summed E-state index contributed by atoms with van der Waals surface area (Å²) in [4.78, 5) is 13.1. The van der Waals surface area contributed by atoms with Gasteiger partial charge in [-0.05, 0) is 48.9 Å². The summed E-state index contributed by atoms with van der Waals surface area (Å²) >= 11 is 0. The summed E-state index contributed by atoms with van der Waals surface area (Å²) < 4.78 is 43.9. The van der Waals surface area contributed by atoms with Crippen molar-refractivity contribution < 1.29 is 27.4 Å². The van der Waals surface area contributed by atoms with Gasteiger partial charge in [-0.15, -0.1) is 0 Å². The van der Waals surface area contributed by atoms with Gasteiger partial charge in [-0.3, -0.25) is 9.10 Å². The summed E-state index contributed by atoms with van der Waals surface area (Å²) in [6.45, 7) is 1.41. The Labute approximate surface area is 193 Å². The summed E-state index contributed by atoms with van der Waals surface area (Å²) in [7, 11) is 0.369. The molecule has 0 fully saturated rings. The largest absolute Gasteiger partial charge is 0.495 e. The second kappa shape index (κ2) is 10.3. The molecule has 3 aromatic carbocycles. The Bertz CT molecular complexity index is 1230. The Morgan fingerprint density at radius 2 is 1.48 bits per heavy atom. The zero-order valence-corrected chi connectivity index (χ0v) is 19.7. The van der Waals surface area contributed by atoms with Gasteiger partial charge in [0.05, 0.1) is 37.6 Å².